The summed E-state index contributed by atoms with van der Waals surface area (Å²) in [5.41, 5.74) is -0.635. The highest BCUT2D eigenvalue weighted by Crippen LogP contribution is 2.32. The van der Waals surface area contributed by atoms with Gasteiger partial charge in [-0.1, -0.05) is 12.1 Å². The molecule has 0 aliphatic carbocycles. The predicted molar refractivity (Wildman–Crippen MR) is 97.9 cm³/mol. The first-order valence-corrected chi connectivity index (χ1v) is 8.53. The number of furan rings is 1. The average molecular weight is 415 g/mol. The van der Waals surface area contributed by atoms with Crippen LogP contribution in [0.2, 0.25) is 0 Å². The van der Waals surface area contributed by atoms with Gasteiger partial charge in [0, 0.05) is 11.3 Å². The van der Waals surface area contributed by atoms with E-state index in [1.165, 1.54) is 37.5 Å². The summed E-state index contributed by atoms with van der Waals surface area (Å²) in [6.45, 7) is 1.37. The second kappa shape index (κ2) is 7.10. The Morgan fingerprint density at radius 2 is 1.90 bits per heavy atom. The number of benzene rings is 1. The van der Waals surface area contributed by atoms with Crippen molar-refractivity contribution in [3.8, 4) is 11.5 Å². The number of anilines is 1. The second-order valence-corrected chi connectivity index (χ2v) is 6.24. The Morgan fingerprint density at radius 3 is 2.57 bits per heavy atom. The lowest BCUT2D eigenvalue weighted by molar-refractivity contribution is -0.142. The summed E-state index contributed by atoms with van der Waals surface area (Å²) < 4.78 is 46.2. The lowest BCUT2D eigenvalue weighted by atomic mass is 10.1. The molecule has 4 rings (SSSR count). The molecule has 3 heterocycles. The molecule has 0 radical (unpaired) electrons. The Morgan fingerprint density at radius 1 is 1.10 bits per heavy atom. The van der Waals surface area contributed by atoms with Gasteiger partial charge in [-0.05, 0) is 37.3 Å². The molecule has 3 aromatic heterocycles. The number of Topliss-reactive ketones (excluding diaryl/α,β-unsaturated/α-hetero) is 1. The quantitative estimate of drug-likeness (QED) is 0.508. The highest BCUT2D eigenvalue weighted by atomic mass is 19.4. The smallest absolute Gasteiger partial charge is 0.433 e. The first-order valence-electron chi connectivity index (χ1n) is 8.53. The summed E-state index contributed by atoms with van der Waals surface area (Å²) in [6, 6.07) is 9.80. The minimum Gasteiger partial charge on any atom is -0.463 e. The van der Waals surface area contributed by atoms with Crippen LogP contribution in [0.15, 0.2) is 53.1 Å². The van der Waals surface area contributed by atoms with E-state index in [0.717, 1.165) is 6.07 Å². The van der Waals surface area contributed by atoms with Gasteiger partial charge in [0.05, 0.1) is 6.26 Å². The van der Waals surface area contributed by atoms with Crippen molar-refractivity contribution in [2.75, 3.05) is 5.32 Å². The van der Waals surface area contributed by atoms with E-state index < -0.39 is 29.4 Å². The zero-order valence-electron chi connectivity index (χ0n) is 15.3. The van der Waals surface area contributed by atoms with Crippen LogP contribution < -0.4 is 5.32 Å². The number of nitrogens with zero attached hydrogens (tertiary/aromatic N) is 4. The molecule has 152 valence electrons. The van der Waals surface area contributed by atoms with Crippen LogP contribution >= 0.6 is 0 Å². The van der Waals surface area contributed by atoms with E-state index in [1.54, 1.807) is 12.1 Å². The van der Waals surface area contributed by atoms with Gasteiger partial charge in [0.15, 0.2) is 17.2 Å². The highest BCUT2D eigenvalue weighted by molar-refractivity contribution is 6.03. The van der Waals surface area contributed by atoms with Crippen molar-refractivity contribution >= 4 is 23.2 Å². The highest BCUT2D eigenvalue weighted by Gasteiger charge is 2.36. The van der Waals surface area contributed by atoms with Crippen molar-refractivity contribution in [1.82, 2.24) is 19.6 Å². The van der Waals surface area contributed by atoms with E-state index in [4.69, 9.17) is 4.42 Å². The number of carbonyl (C=O) groups excluding carboxylic acids is 2. The fourth-order valence-corrected chi connectivity index (χ4v) is 2.72. The van der Waals surface area contributed by atoms with Gasteiger partial charge in [-0.2, -0.15) is 22.7 Å². The number of hydrogen-bond donors (Lipinski definition) is 1. The summed E-state index contributed by atoms with van der Waals surface area (Å²) in [6.07, 6.45) is -3.48. The number of nitrogens with one attached hydrogen (secondary N) is 1. The molecular weight excluding hydrogens is 403 g/mol. The van der Waals surface area contributed by atoms with Crippen LogP contribution in [0, 0.1) is 0 Å². The third-order valence-corrected chi connectivity index (χ3v) is 4.11. The summed E-state index contributed by atoms with van der Waals surface area (Å²) in [7, 11) is 0. The van der Waals surface area contributed by atoms with E-state index in [2.05, 4.69) is 20.4 Å². The van der Waals surface area contributed by atoms with Gasteiger partial charge in [-0.25, -0.2) is 4.98 Å². The molecule has 1 aromatic carbocycles. The van der Waals surface area contributed by atoms with Crippen LogP contribution in [0.3, 0.4) is 0 Å². The van der Waals surface area contributed by atoms with Crippen LogP contribution in [-0.4, -0.2) is 31.3 Å². The van der Waals surface area contributed by atoms with Gasteiger partial charge < -0.3 is 9.73 Å². The average Bonchev–Trinajstić information content (AvgIpc) is 3.36. The maximum atomic E-state index is 13.5. The molecule has 0 aliphatic heterocycles. The Labute approximate surface area is 166 Å². The minimum absolute atomic E-state index is 0.103. The number of rotatable bonds is 4. The summed E-state index contributed by atoms with van der Waals surface area (Å²) in [5.74, 6) is -1.88. The number of ketones is 1. The topological polar surface area (TPSA) is 102 Å². The second-order valence-electron chi connectivity index (χ2n) is 6.24. The van der Waals surface area contributed by atoms with Gasteiger partial charge in [-0.15, -0.1) is 5.10 Å². The van der Waals surface area contributed by atoms with Gasteiger partial charge >= 0.3 is 6.18 Å². The van der Waals surface area contributed by atoms with E-state index in [0.29, 0.717) is 10.1 Å². The molecule has 11 heteroatoms. The third kappa shape index (κ3) is 3.64. The number of hydrogen-bond acceptors (Lipinski definition) is 6. The number of aromatic nitrogens is 4. The molecule has 4 aromatic rings. The molecular formula is C19H12F3N5O3. The van der Waals surface area contributed by atoms with Crippen LogP contribution in [-0.2, 0) is 6.18 Å². The lowest BCUT2D eigenvalue weighted by Gasteiger charge is -2.09. The molecule has 1 amide bonds. The number of fused-ring (bicyclic) bond motifs is 1. The van der Waals surface area contributed by atoms with E-state index >= 15 is 0 Å². The molecule has 0 unspecified atom stereocenters. The Bertz CT molecular complexity index is 1260. The monoisotopic (exact) mass is 415 g/mol. The molecule has 0 saturated heterocycles. The normalized spacial score (nSPS) is 11.6. The van der Waals surface area contributed by atoms with Crippen LogP contribution in [0.4, 0.5) is 18.9 Å². The fourth-order valence-electron chi connectivity index (χ4n) is 2.72. The first kappa shape index (κ1) is 19.3. The fraction of sp³-hybridized carbons (Fsp3) is 0.105. The Balaban J connectivity index is 1.74. The number of carbonyl (C=O) groups is 2. The van der Waals surface area contributed by atoms with Crippen molar-refractivity contribution in [3.05, 3.63) is 65.8 Å². The maximum Gasteiger partial charge on any atom is 0.433 e. The summed E-state index contributed by atoms with van der Waals surface area (Å²) >= 11 is 0. The standard InChI is InChI=1S/C19H12F3N5O3/c1-10(28)11-4-2-5-12(8-11)23-17(29)16-25-18-24-13(14-6-3-7-30-14)9-15(19(20,21)22)27(18)26-16/h2-9H,1H3,(H,23,29). The third-order valence-electron chi connectivity index (χ3n) is 4.11. The molecule has 30 heavy (non-hydrogen) atoms. The van der Waals surface area contributed by atoms with Crippen molar-refractivity contribution in [3.63, 3.8) is 0 Å². The molecule has 0 fully saturated rings. The van der Waals surface area contributed by atoms with Gasteiger partial charge in [-0.3, -0.25) is 9.59 Å². The van der Waals surface area contributed by atoms with Crippen molar-refractivity contribution in [1.29, 1.82) is 0 Å². The Hall–Kier alpha value is -4.02. The van der Waals surface area contributed by atoms with E-state index in [-0.39, 0.29) is 22.9 Å². The van der Waals surface area contributed by atoms with Crippen molar-refractivity contribution < 1.29 is 27.2 Å². The predicted octanol–water partition coefficient (Wildman–Crippen LogP) is 3.86. The molecule has 0 aliphatic rings. The molecule has 0 saturated carbocycles. The minimum atomic E-state index is -4.78. The lowest BCUT2D eigenvalue weighted by Crippen LogP contribution is -2.16. The Kier molecular flexibility index (Phi) is 4.57. The summed E-state index contributed by atoms with van der Waals surface area (Å²) in [4.78, 5) is 31.8. The van der Waals surface area contributed by atoms with Crippen LogP contribution in [0.1, 0.15) is 33.6 Å². The van der Waals surface area contributed by atoms with Gasteiger partial charge in [0.2, 0.25) is 5.82 Å². The number of amides is 1. The molecule has 0 atom stereocenters. The first-order chi connectivity index (χ1) is 14.2. The van der Waals surface area contributed by atoms with E-state index in [9.17, 15) is 22.8 Å². The molecule has 8 nitrogen and oxygen atoms in total. The molecule has 1 N–H and O–H groups in total. The zero-order valence-corrected chi connectivity index (χ0v) is 15.3. The van der Waals surface area contributed by atoms with E-state index in [1.807, 2.05) is 0 Å². The molecule has 0 bridgehead atoms. The number of halogens is 3. The summed E-state index contributed by atoms with van der Waals surface area (Å²) in [5, 5.41) is 6.13. The largest absolute Gasteiger partial charge is 0.463 e. The van der Waals surface area contributed by atoms with Crippen molar-refractivity contribution in [2.24, 2.45) is 0 Å². The molecule has 0 spiro atoms. The van der Waals surface area contributed by atoms with Gasteiger partial charge in [0.25, 0.3) is 11.7 Å². The van der Waals surface area contributed by atoms with Crippen LogP contribution in [0.25, 0.3) is 17.2 Å². The van der Waals surface area contributed by atoms with Gasteiger partial charge in [0.1, 0.15) is 5.69 Å². The van der Waals surface area contributed by atoms with Crippen LogP contribution in [0.5, 0.6) is 0 Å². The zero-order chi connectivity index (χ0) is 21.5. The SMILES string of the molecule is CC(=O)c1cccc(NC(=O)c2nc3nc(-c4ccco4)cc(C(F)(F)F)n3n2)c1. The number of alkyl halides is 3. The van der Waals surface area contributed by atoms with Crippen molar-refractivity contribution in [2.45, 2.75) is 13.1 Å². The maximum absolute atomic E-state index is 13.5.